The molecule has 0 heterocycles. The molecule has 0 radical (unpaired) electrons. The number of hydrogen-bond donors (Lipinski definition) is 1. The van der Waals surface area contributed by atoms with Gasteiger partial charge in [-0.1, -0.05) is 17.7 Å². The summed E-state index contributed by atoms with van der Waals surface area (Å²) in [7, 11) is 3.87. The number of ether oxygens (including phenoxy) is 1. The van der Waals surface area contributed by atoms with E-state index >= 15 is 0 Å². The molecule has 0 aliphatic heterocycles. The second-order valence-electron chi connectivity index (χ2n) is 4.75. The van der Waals surface area contributed by atoms with Crippen LogP contribution in [0.1, 0.15) is 18.4 Å². The Labute approximate surface area is 114 Å². The first-order valence-corrected chi connectivity index (χ1v) is 6.81. The lowest BCUT2D eigenvalue weighted by molar-refractivity contribution is 0.199. The van der Waals surface area contributed by atoms with Crippen molar-refractivity contribution in [2.75, 3.05) is 32.2 Å². The summed E-state index contributed by atoms with van der Waals surface area (Å²) < 4.78 is 5.03. The molecule has 1 saturated carbocycles. The van der Waals surface area contributed by atoms with Crippen molar-refractivity contribution in [3.8, 4) is 0 Å². The van der Waals surface area contributed by atoms with Crippen molar-refractivity contribution in [2.24, 2.45) is 0 Å². The van der Waals surface area contributed by atoms with Crippen LogP contribution in [0.15, 0.2) is 18.2 Å². The molecule has 0 atom stereocenters. The summed E-state index contributed by atoms with van der Waals surface area (Å²) in [6, 6.07) is 6.83. The Morgan fingerprint density at radius 2 is 2.22 bits per heavy atom. The Morgan fingerprint density at radius 3 is 2.89 bits per heavy atom. The summed E-state index contributed by atoms with van der Waals surface area (Å²) in [6.07, 6.45) is 2.58. The van der Waals surface area contributed by atoms with Gasteiger partial charge in [-0.25, -0.2) is 0 Å². The average molecular weight is 269 g/mol. The Balaban J connectivity index is 2.05. The topological polar surface area (TPSA) is 24.5 Å². The molecule has 0 bridgehead atoms. The summed E-state index contributed by atoms with van der Waals surface area (Å²) in [5, 5.41) is 4.20. The summed E-state index contributed by atoms with van der Waals surface area (Å²) in [5.41, 5.74) is 2.43. The minimum atomic E-state index is 0.696. The zero-order valence-corrected chi connectivity index (χ0v) is 11.8. The number of halogens is 1. The molecule has 0 spiro atoms. The van der Waals surface area contributed by atoms with Crippen molar-refractivity contribution in [2.45, 2.75) is 25.4 Å². The third-order valence-electron chi connectivity index (χ3n) is 3.35. The molecule has 0 amide bonds. The van der Waals surface area contributed by atoms with E-state index in [-0.39, 0.29) is 0 Å². The highest BCUT2D eigenvalue weighted by Crippen LogP contribution is 2.34. The van der Waals surface area contributed by atoms with E-state index in [9.17, 15) is 0 Å². The number of rotatable bonds is 7. The lowest BCUT2D eigenvalue weighted by atomic mass is 10.1. The molecular weight excluding hydrogens is 248 g/mol. The van der Waals surface area contributed by atoms with Gasteiger partial charge in [-0.3, -0.25) is 0 Å². The monoisotopic (exact) mass is 268 g/mol. The number of anilines is 1. The first-order chi connectivity index (χ1) is 8.74. The van der Waals surface area contributed by atoms with Gasteiger partial charge in [0.25, 0.3) is 0 Å². The molecule has 100 valence electrons. The van der Waals surface area contributed by atoms with Gasteiger partial charge in [0.05, 0.1) is 6.61 Å². The number of methoxy groups -OCH3 is 1. The van der Waals surface area contributed by atoms with Crippen LogP contribution < -0.4 is 10.2 Å². The average Bonchev–Trinajstić information content (AvgIpc) is 3.19. The Hall–Kier alpha value is -0.770. The molecule has 2 rings (SSSR count). The van der Waals surface area contributed by atoms with E-state index in [1.165, 1.54) is 24.1 Å². The lowest BCUT2D eigenvalue weighted by Gasteiger charge is -2.23. The SMILES string of the molecule is COCCNCc1c(Cl)cccc1N(C)C1CC1. The molecule has 1 aliphatic rings. The van der Waals surface area contributed by atoms with Gasteiger partial charge in [0.2, 0.25) is 0 Å². The third-order valence-corrected chi connectivity index (χ3v) is 3.71. The van der Waals surface area contributed by atoms with E-state index in [0.717, 1.165) is 24.7 Å². The fourth-order valence-corrected chi connectivity index (χ4v) is 2.34. The smallest absolute Gasteiger partial charge is 0.0587 e. The second-order valence-corrected chi connectivity index (χ2v) is 5.16. The van der Waals surface area contributed by atoms with Crippen molar-refractivity contribution >= 4 is 17.3 Å². The normalized spacial score (nSPS) is 14.8. The molecule has 1 aromatic carbocycles. The summed E-state index contributed by atoms with van der Waals surface area (Å²) in [5.74, 6) is 0. The summed E-state index contributed by atoms with van der Waals surface area (Å²) in [4.78, 5) is 2.35. The standard InChI is InChI=1S/C14H21ClN2O/c1-17(11-6-7-11)14-5-3-4-13(15)12(14)10-16-8-9-18-2/h3-5,11,16H,6-10H2,1-2H3. The highest BCUT2D eigenvalue weighted by atomic mass is 35.5. The molecule has 0 saturated heterocycles. The van der Waals surface area contributed by atoms with Crippen LogP contribution in [-0.2, 0) is 11.3 Å². The van der Waals surface area contributed by atoms with Crippen molar-refractivity contribution in [1.82, 2.24) is 5.32 Å². The number of nitrogens with one attached hydrogen (secondary N) is 1. The highest BCUT2D eigenvalue weighted by molar-refractivity contribution is 6.31. The maximum atomic E-state index is 6.31. The Bertz CT molecular complexity index is 393. The molecule has 4 heteroatoms. The fraction of sp³-hybridized carbons (Fsp3) is 0.571. The van der Waals surface area contributed by atoms with E-state index < -0.39 is 0 Å². The summed E-state index contributed by atoms with van der Waals surface area (Å²) >= 11 is 6.31. The lowest BCUT2D eigenvalue weighted by Crippen LogP contribution is -2.24. The van der Waals surface area contributed by atoms with E-state index in [2.05, 4.69) is 23.3 Å². The molecule has 18 heavy (non-hydrogen) atoms. The number of hydrogen-bond acceptors (Lipinski definition) is 3. The fourth-order valence-electron chi connectivity index (χ4n) is 2.10. The van der Waals surface area contributed by atoms with Crippen LogP contribution in [0.4, 0.5) is 5.69 Å². The molecule has 0 aromatic heterocycles. The van der Waals surface area contributed by atoms with E-state index in [0.29, 0.717) is 6.04 Å². The minimum Gasteiger partial charge on any atom is -0.383 e. The van der Waals surface area contributed by atoms with Crippen LogP contribution in [0.2, 0.25) is 5.02 Å². The van der Waals surface area contributed by atoms with Crippen LogP contribution >= 0.6 is 11.6 Å². The van der Waals surface area contributed by atoms with Crippen molar-refractivity contribution in [3.63, 3.8) is 0 Å². The van der Waals surface area contributed by atoms with Crippen LogP contribution in [0.5, 0.6) is 0 Å². The van der Waals surface area contributed by atoms with Crippen molar-refractivity contribution < 1.29 is 4.74 Å². The third kappa shape index (κ3) is 3.37. The van der Waals surface area contributed by atoms with Gasteiger partial charge >= 0.3 is 0 Å². The van der Waals surface area contributed by atoms with Crippen molar-refractivity contribution in [3.05, 3.63) is 28.8 Å². The second kappa shape index (κ2) is 6.41. The zero-order valence-electron chi connectivity index (χ0n) is 11.1. The molecule has 1 N–H and O–H groups in total. The largest absolute Gasteiger partial charge is 0.383 e. The minimum absolute atomic E-state index is 0.696. The first kappa shape index (κ1) is 13.7. The Kier molecular flexibility index (Phi) is 4.87. The van der Waals surface area contributed by atoms with Crippen LogP contribution in [0.3, 0.4) is 0 Å². The summed E-state index contributed by atoms with van der Waals surface area (Å²) in [6.45, 7) is 2.35. The number of nitrogens with zero attached hydrogens (tertiary/aromatic N) is 1. The van der Waals surface area contributed by atoms with Crippen molar-refractivity contribution in [1.29, 1.82) is 0 Å². The van der Waals surface area contributed by atoms with Crippen LogP contribution in [0.25, 0.3) is 0 Å². The van der Waals surface area contributed by atoms with Gasteiger partial charge in [-0.2, -0.15) is 0 Å². The maximum absolute atomic E-state index is 6.31. The molecular formula is C14H21ClN2O. The molecule has 1 fully saturated rings. The molecule has 1 aliphatic carbocycles. The van der Waals surface area contributed by atoms with Gasteiger partial charge in [-0.05, 0) is 25.0 Å². The molecule has 0 unspecified atom stereocenters. The van der Waals surface area contributed by atoms with E-state index in [4.69, 9.17) is 16.3 Å². The molecule has 1 aromatic rings. The van der Waals surface area contributed by atoms with Gasteiger partial charge in [0.1, 0.15) is 0 Å². The van der Waals surface area contributed by atoms with Crippen LogP contribution in [0, 0.1) is 0 Å². The Morgan fingerprint density at radius 1 is 1.44 bits per heavy atom. The van der Waals surface area contributed by atoms with Crippen LogP contribution in [-0.4, -0.2) is 33.4 Å². The number of benzene rings is 1. The van der Waals surface area contributed by atoms with Gasteiger partial charge in [0, 0.05) is 49.6 Å². The first-order valence-electron chi connectivity index (χ1n) is 6.44. The predicted molar refractivity (Wildman–Crippen MR) is 76.5 cm³/mol. The zero-order chi connectivity index (χ0) is 13.0. The van der Waals surface area contributed by atoms with Gasteiger partial charge < -0.3 is 15.0 Å². The predicted octanol–water partition coefficient (Wildman–Crippen LogP) is 2.67. The maximum Gasteiger partial charge on any atom is 0.0587 e. The van der Waals surface area contributed by atoms with Gasteiger partial charge in [-0.15, -0.1) is 0 Å². The highest BCUT2D eigenvalue weighted by Gasteiger charge is 2.27. The van der Waals surface area contributed by atoms with E-state index in [1.807, 2.05) is 12.1 Å². The van der Waals surface area contributed by atoms with Gasteiger partial charge in [0.15, 0.2) is 0 Å². The van der Waals surface area contributed by atoms with E-state index in [1.54, 1.807) is 7.11 Å². The quantitative estimate of drug-likeness (QED) is 0.770. The molecule has 3 nitrogen and oxygen atoms in total.